The normalized spacial score (nSPS) is 12.7. The van der Waals surface area contributed by atoms with Crippen LogP contribution in [0.3, 0.4) is 0 Å². The summed E-state index contributed by atoms with van der Waals surface area (Å²) >= 11 is 18.1. The molecule has 1 aromatic rings. The highest BCUT2D eigenvalue weighted by atomic mass is 35.5. The van der Waals surface area contributed by atoms with E-state index in [0.29, 0.717) is 15.1 Å². The van der Waals surface area contributed by atoms with E-state index in [4.69, 9.17) is 39.9 Å². The first-order valence-electron chi connectivity index (χ1n) is 6.05. The summed E-state index contributed by atoms with van der Waals surface area (Å²) in [6.45, 7) is 3.18. The molecule has 2 nitrogen and oxygen atoms in total. The van der Waals surface area contributed by atoms with E-state index in [-0.39, 0.29) is 12.6 Å². The molecule has 0 aliphatic heterocycles. The number of aliphatic hydroxyl groups is 1. The van der Waals surface area contributed by atoms with Crippen LogP contribution in [-0.4, -0.2) is 18.3 Å². The summed E-state index contributed by atoms with van der Waals surface area (Å²) < 4.78 is 0. The Morgan fingerprint density at radius 3 is 2.50 bits per heavy atom. The third-order valence-electron chi connectivity index (χ3n) is 2.82. The van der Waals surface area contributed by atoms with Crippen molar-refractivity contribution in [2.75, 3.05) is 13.2 Å². The molecule has 0 spiro atoms. The quantitative estimate of drug-likeness (QED) is 0.575. The van der Waals surface area contributed by atoms with Crippen molar-refractivity contribution < 1.29 is 5.11 Å². The number of hydrogen-bond acceptors (Lipinski definition) is 2. The van der Waals surface area contributed by atoms with Crippen molar-refractivity contribution in [1.29, 1.82) is 0 Å². The molecule has 2 N–H and O–H groups in total. The fourth-order valence-corrected chi connectivity index (χ4v) is 2.42. The number of hydrogen-bond donors (Lipinski definition) is 2. The molecule has 0 aromatic heterocycles. The van der Waals surface area contributed by atoms with Crippen LogP contribution in [0.2, 0.25) is 15.1 Å². The molecule has 1 rings (SSSR count). The molecule has 0 aliphatic carbocycles. The van der Waals surface area contributed by atoms with Gasteiger partial charge in [-0.05, 0) is 44.4 Å². The second-order valence-corrected chi connectivity index (χ2v) is 5.39. The number of halogens is 3. The third kappa shape index (κ3) is 4.60. The average Bonchev–Trinajstić information content (AvgIpc) is 2.35. The minimum atomic E-state index is 0.126. The van der Waals surface area contributed by atoms with E-state index in [9.17, 15) is 0 Å². The van der Waals surface area contributed by atoms with Gasteiger partial charge >= 0.3 is 0 Å². The molecule has 18 heavy (non-hydrogen) atoms. The van der Waals surface area contributed by atoms with Crippen molar-refractivity contribution in [2.24, 2.45) is 0 Å². The Hall–Kier alpha value is 0.01000. The van der Waals surface area contributed by atoms with Crippen molar-refractivity contribution in [1.82, 2.24) is 5.32 Å². The minimum Gasteiger partial charge on any atom is -0.396 e. The van der Waals surface area contributed by atoms with Gasteiger partial charge in [0.1, 0.15) is 0 Å². The van der Waals surface area contributed by atoms with Crippen LogP contribution < -0.4 is 5.32 Å². The Morgan fingerprint density at radius 2 is 1.83 bits per heavy atom. The SMILES string of the molecule is CC(NCCCCCO)c1ccc(Cl)c(Cl)c1Cl. The van der Waals surface area contributed by atoms with Crippen molar-refractivity contribution in [3.05, 3.63) is 32.8 Å². The molecule has 0 bridgehead atoms. The first-order valence-corrected chi connectivity index (χ1v) is 7.19. The van der Waals surface area contributed by atoms with Crippen LogP contribution in [0.25, 0.3) is 0 Å². The van der Waals surface area contributed by atoms with Crippen molar-refractivity contribution >= 4 is 34.8 Å². The molecule has 0 aliphatic rings. The molecular weight excluding hydrogens is 293 g/mol. The molecule has 102 valence electrons. The summed E-state index contributed by atoms with van der Waals surface area (Å²) in [7, 11) is 0. The summed E-state index contributed by atoms with van der Waals surface area (Å²) in [4.78, 5) is 0. The highest BCUT2D eigenvalue weighted by Gasteiger charge is 2.13. The van der Waals surface area contributed by atoms with Gasteiger partial charge in [-0.2, -0.15) is 0 Å². The van der Waals surface area contributed by atoms with E-state index in [1.807, 2.05) is 13.0 Å². The van der Waals surface area contributed by atoms with Gasteiger partial charge in [0.15, 0.2) is 0 Å². The Morgan fingerprint density at radius 1 is 1.11 bits per heavy atom. The molecular formula is C13H18Cl3NO. The fourth-order valence-electron chi connectivity index (χ4n) is 1.72. The van der Waals surface area contributed by atoms with E-state index >= 15 is 0 Å². The van der Waals surface area contributed by atoms with Crippen LogP contribution in [0.15, 0.2) is 12.1 Å². The van der Waals surface area contributed by atoms with E-state index < -0.39 is 0 Å². The first-order chi connectivity index (χ1) is 8.57. The Labute approximate surface area is 123 Å². The van der Waals surface area contributed by atoms with Crippen LogP contribution in [0, 0.1) is 0 Å². The summed E-state index contributed by atoms with van der Waals surface area (Å²) in [5.41, 5.74) is 0.952. The zero-order valence-electron chi connectivity index (χ0n) is 10.3. The molecule has 0 saturated carbocycles. The van der Waals surface area contributed by atoms with E-state index in [1.165, 1.54) is 0 Å². The summed E-state index contributed by atoms with van der Waals surface area (Å²) in [6.07, 6.45) is 2.90. The van der Waals surface area contributed by atoms with Gasteiger partial charge in [0, 0.05) is 12.6 Å². The van der Waals surface area contributed by atoms with Crippen LogP contribution >= 0.6 is 34.8 Å². The highest BCUT2D eigenvalue weighted by molar-refractivity contribution is 6.48. The third-order valence-corrected chi connectivity index (χ3v) is 4.13. The standard InChI is InChI=1S/C13H18Cl3NO/c1-9(17-7-3-2-4-8-18)10-5-6-11(14)13(16)12(10)15/h5-6,9,17-18H,2-4,7-8H2,1H3. The Balaban J connectivity index is 2.51. The molecule has 0 fully saturated rings. The van der Waals surface area contributed by atoms with Crippen LogP contribution in [-0.2, 0) is 0 Å². The Kier molecular flexibility index (Phi) is 7.35. The molecule has 1 unspecified atom stereocenters. The molecule has 1 aromatic carbocycles. The van der Waals surface area contributed by atoms with Gasteiger partial charge in [-0.25, -0.2) is 0 Å². The zero-order chi connectivity index (χ0) is 13.5. The molecule has 0 saturated heterocycles. The van der Waals surface area contributed by atoms with Crippen molar-refractivity contribution in [3.8, 4) is 0 Å². The largest absolute Gasteiger partial charge is 0.396 e. The second kappa shape index (κ2) is 8.23. The van der Waals surface area contributed by atoms with Crippen molar-refractivity contribution in [2.45, 2.75) is 32.2 Å². The monoisotopic (exact) mass is 309 g/mol. The van der Waals surface area contributed by atoms with Gasteiger partial charge in [-0.15, -0.1) is 0 Å². The van der Waals surface area contributed by atoms with Gasteiger partial charge in [-0.1, -0.05) is 40.9 Å². The van der Waals surface area contributed by atoms with Gasteiger partial charge < -0.3 is 10.4 Å². The number of nitrogens with one attached hydrogen (secondary N) is 1. The van der Waals surface area contributed by atoms with Gasteiger partial charge in [-0.3, -0.25) is 0 Å². The van der Waals surface area contributed by atoms with E-state index in [1.54, 1.807) is 6.07 Å². The lowest BCUT2D eigenvalue weighted by atomic mass is 10.1. The van der Waals surface area contributed by atoms with Gasteiger partial charge in [0.05, 0.1) is 15.1 Å². The Bertz CT molecular complexity index is 385. The summed E-state index contributed by atoms with van der Waals surface area (Å²) in [5.74, 6) is 0. The fraction of sp³-hybridized carbons (Fsp3) is 0.538. The second-order valence-electron chi connectivity index (χ2n) is 4.22. The minimum absolute atomic E-state index is 0.126. The number of benzene rings is 1. The maximum Gasteiger partial charge on any atom is 0.0781 e. The maximum atomic E-state index is 8.68. The van der Waals surface area contributed by atoms with Crippen LogP contribution in [0.4, 0.5) is 0 Å². The van der Waals surface area contributed by atoms with Crippen LogP contribution in [0.1, 0.15) is 37.8 Å². The number of unbranched alkanes of at least 4 members (excludes halogenated alkanes) is 2. The summed E-state index contributed by atoms with van der Waals surface area (Å²) in [5, 5.41) is 13.5. The average molecular weight is 311 g/mol. The highest BCUT2D eigenvalue weighted by Crippen LogP contribution is 2.35. The predicted octanol–water partition coefficient (Wildman–Crippen LogP) is 4.46. The maximum absolute atomic E-state index is 8.68. The molecule has 0 heterocycles. The number of rotatable bonds is 7. The number of aliphatic hydroxyl groups excluding tert-OH is 1. The van der Waals surface area contributed by atoms with Gasteiger partial charge in [0.2, 0.25) is 0 Å². The van der Waals surface area contributed by atoms with E-state index in [0.717, 1.165) is 31.4 Å². The predicted molar refractivity (Wildman–Crippen MR) is 78.8 cm³/mol. The molecule has 1 atom stereocenters. The van der Waals surface area contributed by atoms with Gasteiger partial charge in [0.25, 0.3) is 0 Å². The topological polar surface area (TPSA) is 32.3 Å². The summed E-state index contributed by atoms with van der Waals surface area (Å²) in [6, 6.07) is 3.78. The smallest absolute Gasteiger partial charge is 0.0781 e. The first kappa shape index (κ1) is 16.1. The molecule has 0 amide bonds. The van der Waals surface area contributed by atoms with E-state index in [2.05, 4.69) is 5.32 Å². The lowest BCUT2D eigenvalue weighted by Crippen LogP contribution is -2.20. The lowest BCUT2D eigenvalue weighted by molar-refractivity contribution is 0.282. The molecule has 0 radical (unpaired) electrons. The van der Waals surface area contributed by atoms with Crippen LogP contribution in [0.5, 0.6) is 0 Å². The lowest BCUT2D eigenvalue weighted by Gasteiger charge is -2.16. The zero-order valence-corrected chi connectivity index (χ0v) is 12.6. The molecule has 5 heteroatoms. The van der Waals surface area contributed by atoms with Crippen molar-refractivity contribution in [3.63, 3.8) is 0 Å².